The van der Waals surface area contributed by atoms with Crippen molar-refractivity contribution in [3.05, 3.63) is 99.4 Å². The highest BCUT2D eigenvalue weighted by atomic mass is 35.5. The number of halogens is 3. The molecule has 1 aliphatic rings. The predicted octanol–water partition coefficient (Wildman–Crippen LogP) is 8.07. The minimum atomic E-state index is -0.392. The Labute approximate surface area is 240 Å². The van der Waals surface area contributed by atoms with Crippen molar-refractivity contribution in [3.8, 4) is 11.3 Å². The first-order chi connectivity index (χ1) is 18.2. The molecule has 4 aromatic rings. The molecule has 38 heavy (non-hydrogen) atoms. The van der Waals surface area contributed by atoms with Gasteiger partial charge in [0.2, 0.25) is 5.91 Å². The second kappa shape index (κ2) is 10.9. The minimum absolute atomic E-state index is 0.117. The second-order valence-electron chi connectivity index (χ2n) is 9.11. The van der Waals surface area contributed by atoms with E-state index in [1.165, 1.54) is 0 Å². The van der Waals surface area contributed by atoms with Crippen LogP contribution in [0.25, 0.3) is 11.3 Å². The Kier molecular flexibility index (Phi) is 7.63. The Hall–Kier alpha value is -3.10. The number of amides is 1. The fraction of sp³-hybridized carbons (Fsp3) is 0.179. The van der Waals surface area contributed by atoms with Crippen LogP contribution >= 0.6 is 47.0 Å². The van der Waals surface area contributed by atoms with Gasteiger partial charge in [0.25, 0.3) is 0 Å². The largest absolute Gasteiger partial charge is 0.459 e. The highest BCUT2D eigenvalue weighted by molar-refractivity contribution is 7.80. The van der Waals surface area contributed by atoms with Crippen LogP contribution < -0.4 is 15.5 Å². The zero-order valence-electron chi connectivity index (χ0n) is 20.4. The Morgan fingerprint density at radius 2 is 1.87 bits per heavy atom. The average molecular weight is 586 g/mol. The van der Waals surface area contributed by atoms with Crippen molar-refractivity contribution in [2.24, 2.45) is 5.92 Å². The standard InChI is InChI=1S/C28H23Cl3N4O2S/c1-15(2)27(36)33-20-10-9-16(14-19(20)30)35-26(25(34-28(35)38)21-8-3-4-13-32-21)23-12-11-22(37-23)17-6-5-7-18(29)24(17)31/h3-15,25-26H,1-2H3,(H,33,36)(H,34,38)/t25-,26-/m1/s1. The van der Waals surface area contributed by atoms with E-state index >= 15 is 0 Å². The maximum Gasteiger partial charge on any atom is 0.226 e. The fourth-order valence-corrected chi connectivity index (χ4v) is 5.27. The number of anilines is 2. The molecule has 0 radical (unpaired) electrons. The number of benzene rings is 2. The number of hydrogen-bond donors (Lipinski definition) is 2. The molecule has 194 valence electrons. The SMILES string of the molecule is CC(C)C(=O)Nc1ccc(N2C(=S)N[C@H](c3ccccn3)[C@H]2c2ccc(-c3cccc(Cl)c3Cl)o2)cc1Cl. The molecule has 1 saturated heterocycles. The molecule has 3 heterocycles. The minimum Gasteiger partial charge on any atom is -0.459 e. The molecule has 6 nitrogen and oxygen atoms in total. The number of pyridine rings is 1. The van der Waals surface area contributed by atoms with Crippen molar-refractivity contribution >= 4 is 69.4 Å². The van der Waals surface area contributed by atoms with Crippen LogP contribution in [0.4, 0.5) is 11.4 Å². The van der Waals surface area contributed by atoms with Crippen LogP contribution in [0.5, 0.6) is 0 Å². The molecule has 0 unspecified atom stereocenters. The third-order valence-electron chi connectivity index (χ3n) is 6.25. The predicted molar refractivity (Wildman–Crippen MR) is 157 cm³/mol. The Bertz CT molecular complexity index is 1510. The number of rotatable bonds is 6. The molecule has 1 fully saturated rings. The molecule has 1 amide bonds. The summed E-state index contributed by atoms with van der Waals surface area (Å²) in [6.07, 6.45) is 1.74. The lowest BCUT2D eigenvalue weighted by Gasteiger charge is -2.26. The van der Waals surface area contributed by atoms with Gasteiger partial charge in [0.05, 0.1) is 32.5 Å². The maximum atomic E-state index is 12.2. The zero-order valence-corrected chi connectivity index (χ0v) is 23.5. The van der Waals surface area contributed by atoms with E-state index in [0.29, 0.717) is 43.0 Å². The number of hydrogen-bond acceptors (Lipinski definition) is 4. The van der Waals surface area contributed by atoms with Crippen molar-refractivity contribution in [3.63, 3.8) is 0 Å². The second-order valence-corrected chi connectivity index (χ2v) is 10.7. The van der Waals surface area contributed by atoms with Gasteiger partial charge in [0.15, 0.2) is 5.11 Å². The molecule has 2 atom stereocenters. The number of nitrogens with one attached hydrogen (secondary N) is 2. The number of nitrogens with zero attached hydrogens (tertiary/aromatic N) is 2. The highest BCUT2D eigenvalue weighted by Gasteiger charge is 2.42. The molecular formula is C28H23Cl3N4O2S. The topological polar surface area (TPSA) is 70.4 Å². The number of carbonyl (C=O) groups excluding carboxylic acids is 1. The zero-order chi connectivity index (χ0) is 27.0. The Morgan fingerprint density at radius 3 is 2.58 bits per heavy atom. The van der Waals surface area contributed by atoms with Crippen LogP contribution in [0.1, 0.15) is 37.4 Å². The van der Waals surface area contributed by atoms with Gasteiger partial charge in [-0.3, -0.25) is 9.78 Å². The summed E-state index contributed by atoms with van der Waals surface area (Å²) in [6.45, 7) is 3.64. The Morgan fingerprint density at radius 1 is 1.05 bits per heavy atom. The van der Waals surface area contributed by atoms with Gasteiger partial charge in [-0.05, 0) is 66.8 Å². The van der Waals surface area contributed by atoms with Crippen LogP contribution in [0.3, 0.4) is 0 Å². The highest BCUT2D eigenvalue weighted by Crippen LogP contribution is 2.45. The van der Waals surface area contributed by atoms with Crippen LogP contribution in [0, 0.1) is 5.92 Å². The molecule has 0 saturated carbocycles. The summed E-state index contributed by atoms with van der Waals surface area (Å²) in [5.41, 5.74) is 2.75. The van der Waals surface area contributed by atoms with Crippen molar-refractivity contribution in [1.29, 1.82) is 0 Å². The van der Waals surface area contributed by atoms with E-state index < -0.39 is 6.04 Å². The van der Waals surface area contributed by atoms with E-state index in [2.05, 4.69) is 15.6 Å². The lowest BCUT2D eigenvalue weighted by molar-refractivity contribution is -0.118. The number of carbonyl (C=O) groups is 1. The van der Waals surface area contributed by atoms with Crippen molar-refractivity contribution in [1.82, 2.24) is 10.3 Å². The number of aromatic nitrogens is 1. The molecule has 0 aliphatic carbocycles. The molecule has 1 aliphatic heterocycles. The third-order valence-corrected chi connectivity index (χ3v) is 7.69. The van der Waals surface area contributed by atoms with Crippen LogP contribution in [-0.2, 0) is 4.79 Å². The van der Waals surface area contributed by atoms with Crippen LogP contribution in [0.15, 0.2) is 77.3 Å². The van der Waals surface area contributed by atoms with Crippen LogP contribution in [-0.4, -0.2) is 16.0 Å². The van der Waals surface area contributed by atoms with Gasteiger partial charge in [-0.2, -0.15) is 0 Å². The fourth-order valence-electron chi connectivity index (χ4n) is 4.30. The van der Waals surface area contributed by atoms with E-state index in [0.717, 1.165) is 11.4 Å². The average Bonchev–Trinajstić information content (AvgIpc) is 3.52. The smallest absolute Gasteiger partial charge is 0.226 e. The van der Waals surface area contributed by atoms with Gasteiger partial charge in [-0.1, -0.05) is 60.8 Å². The summed E-state index contributed by atoms with van der Waals surface area (Å²) >= 11 is 25.1. The van der Waals surface area contributed by atoms with Crippen LogP contribution in [0.2, 0.25) is 15.1 Å². The molecule has 2 aromatic carbocycles. The van der Waals surface area contributed by atoms with Gasteiger partial charge in [-0.25, -0.2) is 0 Å². The number of thiocarbonyl (C=S) groups is 1. The molecule has 2 aromatic heterocycles. The first-order valence-electron chi connectivity index (χ1n) is 11.9. The summed E-state index contributed by atoms with van der Waals surface area (Å²) < 4.78 is 6.37. The van der Waals surface area contributed by atoms with Gasteiger partial charge in [0, 0.05) is 23.4 Å². The lowest BCUT2D eigenvalue weighted by atomic mass is 10.0. The first-order valence-corrected chi connectivity index (χ1v) is 13.4. The number of furan rings is 1. The third kappa shape index (κ3) is 5.12. The summed E-state index contributed by atoms with van der Waals surface area (Å²) in [4.78, 5) is 18.7. The van der Waals surface area contributed by atoms with Crippen molar-refractivity contribution < 1.29 is 9.21 Å². The lowest BCUT2D eigenvalue weighted by Crippen LogP contribution is -2.29. The molecule has 0 bridgehead atoms. The van der Waals surface area contributed by atoms with E-state index in [4.69, 9.17) is 51.4 Å². The van der Waals surface area contributed by atoms with Gasteiger partial charge >= 0.3 is 0 Å². The molecular weight excluding hydrogens is 563 g/mol. The monoisotopic (exact) mass is 584 g/mol. The summed E-state index contributed by atoms with van der Waals surface area (Å²) in [7, 11) is 0. The molecule has 0 spiro atoms. The normalized spacial score (nSPS) is 17.1. The Balaban J connectivity index is 1.56. The van der Waals surface area contributed by atoms with E-state index in [-0.39, 0.29) is 17.9 Å². The van der Waals surface area contributed by atoms with E-state index in [1.54, 1.807) is 24.4 Å². The van der Waals surface area contributed by atoms with E-state index in [9.17, 15) is 4.79 Å². The summed E-state index contributed by atoms with van der Waals surface area (Å²) in [5.74, 6) is 0.932. The summed E-state index contributed by atoms with van der Waals surface area (Å²) in [6, 6.07) is 19.6. The maximum absolute atomic E-state index is 12.2. The van der Waals surface area contributed by atoms with Gasteiger partial charge < -0.3 is 20.0 Å². The molecule has 2 N–H and O–H groups in total. The van der Waals surface area contributed by atoms with Gasteiger partial charge in [-0.15, -0.1) is 0 Å². The van der Waals surface area contributed by atoms with Gasteiger partial charge in [0.1, 0.15) is 17.6 Å². The first kappa shape index (κ1) is 26.5. The van der Waals surface area contributed by atoms with E-state index in [1.807, 2.05) is 67.3 Å². The quantitative estimate of drug-likeness (QED) is 0.223. The summed E-state index contributed by atoms with van der Waals surface area (Å²) in [5, 5.41) is 7.99. The molecule has 5 rings (SSSR count). The molecule has 10 heteroatoms. The van der Waals surface area contributed by atoms with Crippen molar-refractivity contribution in [2.45, 2.75) is 25.9 Å². The van der Waals surface area contributed by atoms with Crippen molar-refractivity contribution in [2.75, 3.05) is 10.2 Å².